The van der Waals surface area contributed by atoms with Gasteiger partial charge < -0.3 is 15.4 Å². The number of pyridine rings is 1. The molecule has 0 radical (unpaired) electrons. The largest absolute Gasteiger partial charge is 0.492 e. The van der Waals surface area contributed by atoms with Crippen molar-refractivity contribution in [3.8, 4) is 5.75 Å². The van der Waals surface area contributed by atoms with E-state index < -0.39 is 0 Å². The second-order valence-electron chi connectivity index (χ2n) is 7.58. The molecular weight excluding hydrogens is 410 g/mol. The third-order valence-electron chi connectivity index (χ3n) is 4.88. The number of nitrogens with zero attached hydrogens (tertiary/aromatic N) is 1. The molecule has 0 bridgehead atoms. The first-order valence-electron chi connectivity index (χ1n) is 10.4. The third-order valence-corrected chi connectivity index (χ3v) is 5.79. The number of benzene rings is 2. The predicted octanol–water partition coefficient (Wildman–Crippen LogP) is 3.72. The molecule has 6 nitrogen and oxygen atoms in total. The van der Waals surface area contributed by atoms with Gasteiger partial charge in [-0.25, -0.2) is 4.98 Å². The highest BCUT2D eigenvalue weighted by Gasteiger charge is 2.25. The van der Waals surface area contributed by atoms with Crippen molar-refractivity contribution in [2.45, 2.75) is 30.8 Å². The Kier molecular flexibility index (Phi) is 6.72. The van der Waals surface area contributed by atoms with E-state index >= 15 is 0 Å². The van der Waals surface area contributed by atoms with Gasteiger partial charge in [-0.15, -0.1) is 0 Å². The molecule has 1 aromatic heterocycles. The molecule has 1 aliphatic carbocycles. The monoisotopic (exact) mass is 435 g/mol. The standard InChI is InChI=1S/C24H25N3O3S/c1-16-5-4-6-18(13-16)30-12-11-25-22(28)15-31-23-14-20(24(29)26-17-9-10-17)19-7-2-3-8-21(19)27-23/h2-8,13-14,17H,9-12,15H2,1H3,(H,25,28)(H,26,29). The van der Waals surface area contributed by atoms with Gasteiger partial charge >= 0.3 is 0 Å². The van der Waals surface area contributed by atoms with Gasteiger partial charge in [0, 0.05) is 11.4 Å². The predicted molar refractivity (Wildman–Crippen MR) is 123 cm³/mol. The van der Waals surface area contributed by atoms with Crippen LogP contribution < -0.4 is 15.4 Å². The molecule has 2 amide bonds. The lowest BCUT2D eigenvalue weighted by Crippen LogP contribution is -2.29. The topological polar surface area (TPSA) is 80.3 Å². The Morgan fingerprint density at radius 2 is 1.97 bits per heavy atom. The fraction of sp³-hybridized carbons (Fsp3) is 0.292. The number of fused-ring (bicyclic) bond motifs is 1. The Balaban J connectivity index is 1.31. The quantitative estimate of drug-likeness (QED) is 0.396. The number of thioether (sulfide) groups is 1. The number of ether oxygens (including phenoxy) is 1. The number of aromatic nitrogens is 1. The average molecular weight is 436 g/mol. The van der Waals surface area contributed by atoms with Crippen LogP contribution in [0.2, 0.25) is 0 Å². The van der Waals surface area contributed by atoms with Crippen LogP contribution in [-0.4, -0.2) is 41.7 Å². The van der Waals surface area contributed by atoms with Crippen molar-refractivity contribution in [3.63, 3.8) is 0 Å². The summed E-state index contributed by atoms with van der Waals surface area (Å²) >= 11 is 1.32. The van der Waals surface area contributed by atoms with E-state index in [1.54, 1.807) is 6.07 Å². The van der Waals surface area contributed by atoms with Crippen molar-refractivity contribution in [1.82, 2.24) is 15.6 Å². The number of aryl methyl sites for hydroxylation is 1. The normalized spacial score (nSPS) is 13.1. The highest BCUT2D eigenvalue weighted by molar-refractivity contribution is 7.99. The fourth-order valence-electron chi connectivity index (χ4n) is 3.16. The van der Waals surface area contributed by atoms with Crippen LogP contribution in [0, 0.1) is 6.92 Å². The summed E-state index contributed by atoms with van der Waals surface area (Å²) in [6.07, 6.45) is 2.06. The van der Waals surface area contributed by atoms with E-state index in [2.05, 4.69) is 15.6 Å². The van der Waals surface area contributed by atoms with E-state index in [0.29, 0.717) is 23.7 Å². The average Bonchev–Trinajstić information content (AvgIpc) is 3.58. The third kappa shape index (κ3) is 5.98. The Hall–Kier alpha value is -3.06. The first-order chi connectivity index (χ1) is 15.1. The van der Waals surface area contributed by atoms with Gasteiger partial charge in [-0.1, -0.05) is 42.1 Å². The van der Waals surface area contributed by atoms with Gasteiger partial charge in [0.1, 0.15) is 12.4 Å². The van der Waals surface area contributed by atoms with Crippen molar-refractivity contribution in [1.29, 1.82) is 0 Å². The maximum absolute atomic E-state index is 12.7. The van der Waals surface area contributed by atoms with Crippen molar-refractivity contribution in [2.75, 3.05) is 18.9 Å². The van der Waals surface area contributed by atoms with Crippen molar-refractivity contribution >= 4 is 34.5 Å². The molecule has 2 aromatic carbocycles. The molecular formula is C24H25N3O3S. The molecule has 160 valence electrons. The van der Waals surface area contributed by atoms with E-state index in [1.165, 1.54) is 11.8 Å². The summed E-state index contributed by atoms with van der Waals surface area (Å²) in [4.78, 5) is 29.5. The van der Waals surface area contributed by atoms with Gasteiger partial charge in [0.2, 0.25) is 5.91 Å². The second kappa shape index (κ2) is 9.83. The zero-order valence-electron chi connectivity index (χ0n) is 17.4. The van der Waals surface area contributed by atoms with Crippen molar-refractivity contribution < 1.29 is 14.3 Å². The van der Waals surface area contributed by atoms with Crippen LogP contribution in [0.3, 0.4) is 0 Å². The number of carbonyl (C=O) groups is 2. The molecule has 0 atom stereocenters. The highest BCUT2D eigenvalue weighted by atomic mass is 32.2. The molecule has 7 heteroatoms. The molecule has 4 rings (SSSR count). The van der Waals surface area contributed by atoms with E-state index in [9.17, 15) is 9.59 Å². The minimum Gasteiger partial charge on any atom is -0.492 e. The number of amides is 2. The van der Waals surface area contributed by atoms with Crippen LogP contribution in [0.1, 0.15) is 28.8 Å². The van der Waals surface area contributed by atoms with Gasteiger partial charge in [0.05, 0.1) is 28.4 Å². The van der Waals surface area contributed by atoms with Gasteiger partial charge in [-0.3, -0.25) is 9.59 Å². The summed E-state index contributed by atoms with van der Waals surface area (Å²) in [5.74, 6) is 0.831. The number of hydrogen-bond donors (Lipinski definition) is 2. The highest BCUT2D eigenvalue weighted by Crippen LogP contribution is 2.26. The first kappa shape index (κ1) is 21.2. The maximum atomic E-state index is 12.7. The molecule has 3 aromatic rings. The lowest BCUT2D eigenvalue weighted by atomic mass is 10.1. The number of para-hydroxylation sites is 1. The molecule has 0 aliphatic heterocycles. The minimum atomic E-state index is -0.100. The van der Waals surface area contributed by atoms with Crippen molar-refractivity contribution in [2.24, 2.45) is 0 Å². The van der Waals surface area contributed by atoms with E-state index in [4.69, 9.17) is 4.74 Å². The summed E-state index contributed by atoms with van der Waals surface area (Å²) in [5.41, 5.74) is 2.48. The summed E-state index contributed by atoms with van der Waals surface area (Å²) in [6, 6.07) is 17.4. The van der Waals surface area contributed by atoms with Crippen LogP contribution >= 0.6 is 11.8 Å². The Morgan fingerprint density at radius 3 is 2.77 bits per heavy atom. The Labute approximate surface area is 185 Å². The summed E-state index contributed by atoms with van der Waals surface area (Å²) < 4.78 is 5.65. The lowest BCUT2D eigenvalue weighted by molar-refractivity contribution is -0.118. The van der Waals surface area contributed by atoms with Crippen LogP contribution in [0.4, 0.5) is 0 Å². The lowest BCUT2D eigenvalue weighted by Gasteiger charge is -2.10. The zero-order chi connectivity index (χ0) is 21.6. The summed E-state index contributed by atoms with van der Waals surface area (Å²) in [5, 5.41) is 7.37. The number of hydrogen-bond acceptors (Lipinski definition) is 5. The maximum Gasteiger partial charge on any atom is 0.252 e. The van der Waals surface area contributed by atoms with Gasteiger partial charge in [0.15, 0.2) is 0 Å². The van der Waals surface area contributed by atoms with Crippen molar-refractivity contribution in [3.05, 3.63) is 65.7 Å². The number of rotatable bonds is 9. The Morgan fingerprint density at radius 1 is 1.13 bits per heavy atom. The molecule has 0 spiro atoms. The van der Waals surface area contributed by atoms with Gasteiger partial charge in [0.25, 0.3) is 5.91 Å². The first-order valence-corrected chi connectivity index (χ1v) is 11.4. The minimum absolute atomic E-state index is 0.0827. The van der Waals surface area contributed by atoms with E-state index in [-0.39, 0.29) is 23.6 Å². The molecule has 0 saturated heterocycles. The van der Waals surface area contributed by atoms with E-state index in [0.717, 1.165) is 35.1 Å². The Bertz CT molecular complexity index is 1100. The smallest absolute Gasteiger partial charge is 0.252 e. The zero-order valence-corrected chi connectivity index (χ0v) is 18.2. The molecule has 0 unspecified atom stereocenters. The number of nitrogens with one attached hydrogen (secondary N) is 2. The molecule has 1 fully saturated rings. The van der Waals surface area contributed by atoms with Gasteiger partial charge in [-0.2, -0.15) is 0 Å². The molecule has 2 N–H and O–H groups in total. The second-order valence-corrected chi connectivity index (χ2v) is 8.57. The van der Waals surface area contributed by atoms with Crippen LogP contribution in [-0.2, 0) is 4.79 Å². The summed E-state index contributed by atoms with van der Waals surface area (Å²) in [7, 11) is 0. The van der Waals surface area contributed by atoms with Crippen LogP contribution in [0.5, 0.6) is 5.75 Å². The van der Waals surface area contributed by atoms with E-state index in [1.807, 2.05) is 55.5 Å². The fourth-order valence-corrected chi connectivity index (χ4v) is 3.90. The molecule has 1 saturated carbocycles. The van der Waals surface area contributed by atoms with Crippen LogP contribution in [0.15, 0.2) is 59.6 Å². The summed E-state index contributed by atoms with van der Waals surface area (Å²) in [6.45, 7) is 2.83. The van der Waals surface area contributed by atoms with Gasteiger partial charge in [-0.05, 0) is 49.6 Å². The molecule has 1 aliphatic rings. The number of carbonyl (C=O) groups excluding carboxylic acids is 2. The molecule has 1 heterocycles. The van der Waals surface area contributed by atoms with Crippen LogP contribution in [0.25, 0.3) is 10.9 Å². The SMILES string of the molecule is Cc1cccc(OCCNC(=O)CSc2cc(C(=O)NC3CC3)c3ccccc3n2)c1. The molecule has 31 heavy (non-hydrogen) atoms.